The number of benzene rings is 2. The fraction of sp³-hybridized carbons (Fsp3) is 0.276. The topological polar surface area (TPSA) is 134 Å². The fourth-order valence-corrected chi connectivity index (χ4v) is 5.23. The van der Waals surface area contributed by atoms with E-state index in [4.69, 9.17) is 29.1 Å². The van der Waals surface area contributed by atoms with Crippen molar-refractivity contribution >= 4 is 16.8 Å². The Hall–Kier alpha value is -4.71. The summed E-state index contributed by atoms with van der Waals surface area (Å²) in [6.07, 6.45) is 1.62. The minimum Gasteiger partial charge on any atom is -0.493 e. The van der Waals surface area contributed by atoms with Crippen molar-refractivity contribution in [2.75, 3.05) is 21.3 Å². The molecule has 9 heteroatoms. The maximum Gasteiger partial charge on any atom is 0.344 e. The predicted octanol–water partition coefficient (Wildman–Crippen LogP) is 4.61. The Kier molecular flexibility index (Phi) is 6.33. The van der Waals surface area contributed by atoms with Gasteiger partial charge in [0.2, 0.25) is 11.6 Å². The number of allylic oxidation sites excluding steroid dienone is 3. The van der Waals surface area contributed by atoms with Crippen LogP contribution in [0.1, 0.15) is 36.3 Å². The molecule has 0 saturated carbocycles. The van der Waals surface area contributed by atoms with Gasteiger partial charge in [0.1, 0.15) is 23.0 Å². The van der Waals surface area contributed by atoms with Gasteiger partial charge in [0.15, 0.2) is 17.3 Å². The number of nitrogens with zero attached hydrogens (tertiary/aromatic N) is 1. The molecule has 0 saturated heterocycles. The third-order valence-electron chi connectivity index (χ3n) is 6.95. The number of aryl methyl sites for hydroxylation is 1. The molecule has 0 spiro atoms. The van der Waals surface area contributed by atoms with E-state index >= 15 is 0 Å². The van der Waals surface area contributed by atoms with Crippen LogP contribution in [0.5, 0.6) is 17.2 Å². The van der Waals surface area contributed by atoms with Crippen molar-refractivity contribution in [2.24, 2.45) is 5.73 Å². The van der Waals surface area contributed by atoms with Gasteiger partial charge in [0.25, 0.3) is 0 Å². The van der Waals surface area contributed by atoms with E-state index in [-0.39, 0.29) is 22.8 Å². The van der Waals surface area contributed by atoms with Crippen molar-refractivity contribution in [3.63, 3.8) is 0 Å². The Bertz CT molecular complexity index is 1630. The van der Waals surface area contributed by atoms with Crippen LogP contribution in [0.4, 0.5) is 0 Å². The van der Waals surface area contributed by atoms with Gasteiger partial charge in [-0.3, -0.25) is 4.79 Å². The lowest BCUT2D eigenvalue weighted by molar-refractivity contribution is -0.116. The molecule has 1 aromatic heterocycles. The number of Topliss-reactive ketones (excluding diaryl/α,β-unsaturated/α-hetero) is 1. The second-order valence-corrected chi connectivity index (χ2v) is 9.16. The van der Waals surface area contributed by atoms with Crippen LogP contribution in [-0.2, 0) is 9.53 Å². The Labute approximate surface area is 218 Å². The predicted molar refractivity (Wildman–Crippen MR) is 139 cm³/mol. The van der Waals surface area contributed by atoms with Gasteiger partial charge < -0.3 is 29.1 Å². The van der Waals surface area contributed by atoms with Gasteiger partial charge in [-0.2, -0.15) is 5.26 Å². The number of fused-ring (bicyclic) bond motifs is 1. The molecule has 5 rings (SSSR count). The zero-order valence-corrected chi connectivity index (χ0v) is 21.5. The molecule has 0 amide bonds. The highest BCUT2D eigenvalue weighted by Gasteiger charge is 2.38. The monoisotopic (exact) mass is 514 g/mol. The first-order valence-electron chi connectivity index (χ1n) is 12.0. The van der Waals surface area contributed by atoms with Crippen LogP contribution in [0.25, 0.3) is 22.1 Å². The van der Waals surface area contributed by atoms with Crippen molar-refractivity contribution < 1.29 is 28.2 Å². The number of nitriles is 1. The average molecular weight is 515 g/mol. The number of ketones is 1. The van der Waals surface area contributed by atoms with Gasteiger partial charge in [-0.05, 0) is 54.3 Å². The number of nitrogens with two attached hydrogens (primary N) is 1. The van der Waals surface area contributed by atoms with Crippen LogP contribution in [-0.4, -0.2) is 27.1 Å². The van der Waals surface area contributed by atoms with Gasteiger partial charge >= 0.3 is 5.63 Å². The third kappa shape index (κ3) is 3.95. The normalized spacial score (nSPS) is 17.1. The summed E-state index contributed by atoms with van der Waals surface area (Å²) < 4.78 is 27.7. The zero-order chi connectivity index (χ0) is 27.1. The molecule has 194 valence electrons. The minimum atomic E-state index is -0.670. The Morgan fingerprint density at radius 3 is 2.34 bits per heavy atom. The number of hydrogen-bond acceptors (Lipinski definition) is 9. The SMILES string of the molecule is COc1cc(-c2cc3cc(C4C(C#N)=C(N)OC5=C4C(=O)CCC5)cc(C)c3oc2=O)cc(OC)c1OC. The molecule has 1 atom stereocenters. The molecule has 0 radical (unpaired) electrons. The lowest BCUT2D eigenvalue weighted by Crippen LogP contribution is -2.27. The molecular formula is C29H26N2O7. The first-order chi connectivity index (χ1) is 18.3. The van der Waals surface area contributed by atoms with Gasteiger partial charge in [0, 0.05) is 23.8 Å². The largest absolute Gasteiger partial charge is 0.493 e. The van der Waals surface area contributed by atoms with Crippen LogP contribution in [0.3, 0.4) is 0 Å². The van der Waals surface area contributed by atoms with Crippen molar-refractivity contribution in [3.05, 3.63) is 74.7 Å². The van der Waals surface area contributed by atoms with Crippen LogP contribution in [0, 0.1) is 18.3 Å². The number of methoxy groups -OCH3 is 3. The van der Waals surface area contributed by atoms with Gasteiger partial charge in [-0.15, -0.1) is 0 Å². The molecule has 3 aromatic rings. The van der Waals surface area contributed by atoms with Gasteiger partial charge in [-0.1, -0.05) is 6.07 Å². The molecule has 2 aromatic carbocycles. The highest BCUT2D eigenvalue weighted by Crippen LogP contribution is 2.45. The molecule has 2 heterocycles. The van der Waals surface area contributed by atoms with E-state index in [1.54, 1.807) is 18.2 Å². The van der Waals surface area contributed by atoms with E-state index in [0.29, 0.717) is 75.5 Å². The smallest absolute Gasteiger partial charge is 0.344 e. The Balaban J connectivity index is 1.73. The van der Waals surface area contributed by atoms with Crippen LogP contribution < -0.4 is 25.6 Å². The van der Waals surface area contributed by atoms with Gasteiger partial charge in [-0.25, -0.2) is 4.79 Å². The molecular weight excluding hydrogens is 488 g/mol. The second-order valence-electron chi connectivity index (χ2n) is 9.16. The summed E-state index contributed by atoms with van der Waals surface area (Å²) in [7, 11) is 4.49. The van der Waals surface area contributed by atoms with Crippen molar-refractivity contribution in [2.45, 2.75) is 32.1 Å². The summed E-state index contributed by atoms with van der Waals surface area (Å²) in [5, 5.41) is 10.5. The average Bonchev–Trinajstić information content (AvgIpc) is 2.91. The molecule has 2 aliphatic rings. The summed E-state index contributed by atoms with van der Waals surface area (Å²) in [5.41, 5.74) is 8.78. The molecule has 0 fully saturated rings. The van der Waals surface area contributed by atoms with Gasteiger partial charge in [0.05, 0.1) is 32.8 Å². The molecule has 9 nitrogen and oxygen atoms in total. The molecule has 1 aliphatic carbocycles. The van der Waals surface area contributed by atoms with Crippen LogP contribution in [0.15, 0.2) is 62.3 Å². The quantitative estimate of drug-likeness (QED) is 0.484. The summed E-state index contributed by atoms with van der Waals surface area (Å²) in [4.78, 5) is 26.1. The molecule has 38 heavy (non-hydrogen) atoms. The van der Waals surface area contributed by atoms with E-state index < -0.39 is 11.5 Å². The Morgan fingerprint density at radius 2 is 1.71 bits per heavy atom. The van der Waals surface area contributed by atoms with E-state index in [1.807, 2.05) is 19.1 Å². The fourth-order valence-electron chi connectivity index (χ4n) is 5.23. The first-order valence-corrected chi connectivity index (χ1v) is 12.0. The maximum atomic E-state index is 13.1. The minimum absolute atomic E-state index is 0.00130. The number of hydrogen-bond donors (Lipinski definition) is 1. The Morgan fingerprint density at radius 1 is 1.00 bits per heavy atom. The number of rotatable bonds is 5. The highest BCUT2D eigenvalue weighted by atomic mass is 16.5. The molecule has 1 unspecified atom stereocenters. The number of carbonyl (C=O) groups is 1. The van der Waals surface area contributed by atoms with E-state index in [0.717, 1.165) is 0 Å². The number of carbonyl (C=O) groups excluding carboxylic acids is 1. The molecule has 1 aliphatic heterocycles. The summed E-state index contributed by atoms with van der Waals surface area (Å²) in [6, 6.07) is 10.8. The summed E-state index contributed by atoms with van der Waals surface area (Å²) in [6.45, 7) is 1.81. The van der Waals surface area contributed by atoms with Crippen molar-refractivity contribution in [1.82, 2.24) is 0 Å². The van der Waals surface area contributed by atoms with E-state index in [1.165, 1.54) is 21.3 Å². The number of ether oxygens (including phenoxy) is 4. The lowest BCUT2D eigenvalue weighted by atomic mass is 9.77. The first kappa shape index (κ1) is 25.0. The van der Waals surface area contributed by atoms with Crippen molar-refractivity contribution in [1.29, 1.82) is 5.26 Å². The highest BCUT2D eigenvalue weighted by molar-refractivity contribution is 5.99. The summed E-state index contributed by atoms with van der Waals surface area (Å²) >= 11 is 0. The second kappa shape index (κ2) is 9.63. The van der Waals surface area contributed by atoms with Crippen LogP contribution in [0.2, 0.25) is 0 Å². The third-order valence-corrected chi connectivity index (χ3v) is 6.95. The van der Waals surface area contributed by atoms with E-state index in [2.05, 4.69) is 6.07 Å². The van der Waals surface area contributed by atoms with Crippen molar-refractivity contribution in [3.8, 4) is 34.4 Å². The van der Waals surface area contributed by atoms with Crippen LogP contribution >= 0.6 is 0 Å². The maximum absolute atomic E-state index is 13.1. The zero-order valence-electron chi connectivity index (χ0n) is 21.5. The van der Waals surface area contributed by atoms with E-state index in [9.17, 15) is 14.9 Å². The molecule has 2 N–H and O–H groups in total. The summed E-state index contributed by atoms with van der Waals surface area (Å²) in [5.74, 6) is 0.963. The standard InChI is InChI=1S/C29H26N2O7/c1-14-8-16(24-19(13-30)28(31)37-21-7-5-6-20(32)25(21)24)9-17-10-18(29(33)38-26(14)17)15-11-22(34-2)27(36-4)23(12-15)35-3/h8-12,24H,5-7,31H2,1-4H3. The lowest BCUT2D eigenvalue weighted by Gasteiger charge is -2.31. The molecule has 0 bridgehead atoms.